The number of nitrogens with one attached hydrogen (secondary N) is 2. The molecule has 28 nitrogen and oxygen atoms in total. The molecule has 1 saturated heterocycles. The standard InChI is InChI=1S/C26H44N8O17P3S.C5H10NO2.2Y/c1-13(14(2)27)25(39)55-8-7-29-16(35)5-6-30-23(38)20(37)26(3,4)10-48-54(45,46)51-53(43,44)47-9-15-19(50-52(40,41)42)18(36)24(49-15)34-12-33-17-21(28)31-11-32-22(17)34;1-3(4(2)6)5(7)8;;/h11-12,14-15,18-20,24,36-37H,5-10,27H2,1-4H3,(H,29,35)(H,30,38)(H,43,44)(H,45,46)(H2,28,31,32)(H2,40,41,42);4H,6H2,1-2H3,(H,7,8);;/q2*-1;;/p-4/t14-,15?,18?,19?,20?,24?;4-;;/m00../s1. The first kappa shape index (κ1) is 63.9. The molecule has 2 aromatic rings. The van der Waals surface area contributed by atoms with Crippen LogP contribution in [0.25, 0.3) is 11.2 Å². The predicted molar refractivity (Wildman–Crippen MR) is 211 cm³/mol. The maximum absolute atomic E-state index is 12.5. The van der Waals surface area contributed by atoms with Gasteiger partial charge in [-0.2, -0.15) is 13.8 Å². The zero-order chi connectivity index (χ0) is 48.2. The van der Waals surface area contributed by atoms with E-state index in [1.807, 2.05) is 0 Å². The molecule has 34 heteroatoms. The van der Waals surface area contributed by atoms with E-state index >= 15 is 0 Å². The first-order valence-electron chi connectivity index (χ1n) is 18.3. The number of nitrogens with zero attached hydrogens (tertiary/aromatic N) is 4. The molecular formula is C31H50N9O19P3SY2-6. The van der Waals surface area contributed by atoms with E-state index in [9.17, 15) is 62.7 Å². The van der Waals surface area contributed by atoms with Crippen LogP contribution in [0.1, 0.15) is 54.2 Å². The summed E-state index contributed by atoms with van der Waals surface area (Å²) < 4.78 is 60.4. The molecule has 7 unspecified atom stereocenters. The summed E-state index contributed by atoms with van der Waals surface area (Å²) in [5.74, 6) is -1.45. The third-order valence-electron chi connectivity index (χ3n) is 8.74. The molecule has 0 spiro atoms. The van der Waals surface area contributed by atoms with E-state index in [0.717, 1.165) is 29.0 Å². The summed E-state index contributed by atoms with van der Waals surface area (Å²) in [6, 6.07) is -0.744. The van der Waals surface area contributed by atoms with Gasteiger partial charge in [-0.1, -0.05) is 33.7 Å². The number of nitrogen functional groups attached to an aromatic ring is 1. The number of aliphatic hydroxyl groups excluding tert-OH is 2. The number of rotatable bonds is 23. The fourth-order valence-corrected chi connectivity index (χ4v) is 8.28. The Morgan fingerprint density at radius 2 is 1.57 bits per heavy atom. The third-order valence-corrected chi connectivity index (χ3v) is 12.7. The molecule has 65 heavy (non-hydrogen) atoms. The van der Waals surface area contributed by atoms with Gasteiger partial charge in [-0.25, -0.2) is 19.3 Å². The van der Waals surface area contributed by atoms with Gasteiger partial charge in [0.05, 0.1) is 32.5 Å². The number of phosphoric acid groups is 3. The van der Waals surface area contributed by atoms with Crippen molar-refractivity contribution in [2.45, 2.75) is 90.7 Å². The molecule has 0 saturated carbocycles. The minimum absolute atomic E-state index is 0. The van der Waals surface area contributed by atoms with Gasteiger partial charge in [-0.3, -0.25) is 39.9 Å². The van der Waals surface area contributed by atoms with Crippen molar-refractivity contribution in [3.63, 3.8) is 0 Å². The van der Waals surface area contributed by atoms with Crippen molar-refractivity contribution in [1.82, 2.24) is 30.2 Å². The maximum Gasteiger partial charge on any atom is 0.274 e. The van der Waals surface area contributed by atoms with Gasteiger partial charge in [-0.15, -0.1) is 17.8 Å². The van der Waals surface area contributed by atoms with E-state index in [4.69, 9.17) is 27.0 Å². The number of aliphatic hydroxyl groups is 2. The quantitative estimate of drug-likeness (QED) is 0.0299. The number of amides is 2. The Labute approximate surface area is 427 Å². The Kier molecular flexibility index (Phi) is 27.5. The Morgan fingerprint density at radius 3 is 2.11 bits per heavy atom. The summed E-state index contributed by atoms with van der Waals surface area (Å²) in [5, 5.41) is 34.2. The number of carboxylic acids is 1. The van der Waals surface area contributed by atoms with E-state index in [1.165, 1.54) is 20.8 Å². The number of aliphatic carboxylic acids is 1. The molecule has 2 radical (unpaired) electrons. The molecule has 2 amide bonds. The van der Waals surface area contributed by atoms with Gasteiger partial charge >= 0.3 is 0 Å². The van der Waals surface area contributed by atoms with Crippen molar-refractivity contribution in [2.24, 2.45) is 16.9 Å². The number of thioether (sulfide) groups is 1. The van der Waals surface area contributed by atoms with Gasteiger partial charge in [0, 0.05) is 96.1 Å². The van der Waals surface area contributed by atoms with Gasteiger partial charge in [0.2, 0.25) is 11.8 Å². The van der Waals surface area contributed by atoms with E-state index in [-0.39, 0.29) is 119 Å². The summed E-state index contributed by atoms with van der Waals surface area (Å²) in [6.07, 6.45) is -7.63. The van der Waals surface area contributed by atoms with Gasteiger partial charge in [0.1, 0.15) is 36.3 Å². The SMILES string of the molecule is C[C-](C(=O)O)[C@H](C)N.C[C-](C(=O)SCCNC(=O)CCNC(=O)C(O)C(C)(C)COP(=O)([O-])OP(=O)([O-])OCC1OC(n2cnc3c(N)ncnc32)C(O)C1OP(=O)([O-])[O-])[C@H](C)N.[Y].[Y]. The summed E-state index contributed by atoms with van der Waals surface area (Å²) in [7, 11) is -17.6. The first-order chi connectivity index (χ1) is 28.9. The molecule has 3 rings (SSSR count). The van der Waals surface area contributed by atoms with E-state index in [2.05, 4.69) is 43.5 Å². The number of nitrogens with two attached hydrogens (primary N) is 3. The van der Waals surface area contributed by atoms with E-state index in [0.29, 0.717) is 11.8 Å². The minimum Gasteiger partial charge on any atom is -0.790 e. The molecule has 1 fully saturated rings. The van der Waals surface area contributed by atoms with Crippen LogP contribution in [0.15, 0.2) is 12.7 Å². The maximum atomic E-state index is 12.5. The number of hydrogen-bond acceptors (Lipinski definition) is 25. The fourth-order valence-electron chi connectivity index (χ4n) is 4.75. The molecular weight excluding hydrogens is 1110 g/mol. The average molecular weight is 1160 g/mol. The van der Waals surface area contributed by atoms with Crippen LogP contribution in [0, 0.1) is 17.3 Å². The smallest absolute Gasteiger partial charge is 0.274 e. The van der Waals surface area contributed by atoms with E-state index in [1.54, 1.807) is 20.8 Å². The number of hydrogen-bond donors (Lipinski definition) is 8. The van der Waals surface area contributed by atoms with Crippen LogP contribution in [0.5, 0.6) is 0 Å². The molecule has 1 aliphatic rings. The fraction of sp³-hybridized carbons (Fsp3) is 0.645. The number of aromatic nitrogens is 4. The molecule has 0 bridgehead atoms. The Morgan fingerprint density at radius 1 is 0.985 bits per heavy atom. The van der Waals surface area contributed by atoms with Crippen LogP contribution in [-0.4, -0.2) is 126 Å². The van der Waals surface area contributed by atoms with Crippen LogP contribution in [0.3, 0.4) is 0 Å². The number of fused-ring (bicyclic) bond motifs is 1. The second-order valence-electron chi connectivity index (χ2n) is 14.4. The van der Waals surface area contributed by atoms with Crippen molar-refractivity contribution in [3.8, 4) is 0 Å². The third kappa shape index (κ3) is 21.2. The van der Waals surface area contributed by atoms with Gasteiger partial charge in [0.15, 0.2) is 23.7 Å². The summed E-state index contributed by atoms with van der Waals surface area (Å²) in [6.45, 7) is 6.44. The second kappa shape index (κ2) is 27.9. The largest absolute Gasteiger partial charge is 0.790 e. The van der Waals surface area contributed by atoms with Crippen LogP contribution in [0.2, 0.25) is 0 Å². The van der Waals surface area contributed by atoms with Crippen molar-refractivity contribution < 1.29 is 156 Å². The molecule has 2 aromatic heterocycles. The molecule has 11 N–H and O–H groups in total. The normalized spacial score (nSPS) is 20.5. The van der Waals surface area contributed by atoms with Crippen molar-refractivity contribution in [3.05, 3.63) is 24.5 Å². The number of ether oxygens (including phenoxy) is 1. The Hall–Kier alpha value is -1.10. The number of carboxylic acid groups (broad SMARTS) is 1. The zero-order valence-corrected chi connectivity index (χ0v) is 44.9. The van der Waals surface area contributed by atoms with Crippen LogP contribution in [0.4, 0.5) is 5.82 Å². The first-order valence-corrected chi connectivity index (χ1v) is 23.7. The minimum atomic E-state index is -5.92. The molecule has 1 aliphatic heterocycles. The Balaban J connectivity index is 0.00000373. The second-order valence-corrected chi connectivity index (χ2v) is 19.5. The Bertz CT molecular complexity index is 2040. The molecule has 3 heterocycles. The van der Waals surface area contributed by atoms with Crippen molar-refractivity contribution in [2.75, 3.05) is 37.8 Å². The van der Waals surface area contributed by atoms with Crippen LogP contribution in [-0.2, 0) is 121 Å². The van der Waals surface area contributed by atoms with Gasteiger partial charge < -0.3 is 90.4 Å². The molecule has 9 atom stereocenters. The number of anilines is 1. The van der Waals surface area contributed by atoms with Crippen molar-refractivity contribution >= 4 is 75.1 Å². The van der Waals surface area contributed by atoms with Gasteiger partial charge in [0.25, 0.3) is 15.6 Å². The number of carbonyl (C=O) groups excluding carboxylic acids is 3. The number of phosphoric ester groups is 3. The van der Waals surface area contributed by atoms with Crippen LogP contribution < -0.4 is 47.4 Å². The van der Waals surface area contributed by atoms with Crippen LogP contribution >= 0.6 is 35.2 Å². The molecule has 0 aromatic carbocycles. The van der Waals surface area contributed by atoms with Gasteiger partial charge in [-0.05, 0) is 0 Å². The zero-order valence-electron chi connectivity index (χ0n) is 35.7. The average Bonchev–Trinajstić information content (AvgIpc) is 3.73. The van der Waals surface area contributed by atoms with E-state index < -0.39 is 96.6 Å². The summed E-state index contributed by atoms with van der Waals surface area (Å²) >= 11 is 0.978. The number of imidazole rings is 1. The topological polar surface area (TPSA) is 464 Å². The number of carbonyl (C=O) groups is 4. The summed E-state index contributed by atoms with van der Waals surface area (Å²) in [5.41, 5.74) is 14.9. The monoisotopic (exact) mass is 1160 g/mol. The van der Waals surface area contributed by atoms with Crippen molar-refractivity contribution in [1.29, 1.82) is 0 Å². The molecule has 0 aliphatic carbocycles. The summed E-state index contributed by atoms with van der Waals surface area (Å²) in [4.78, 5) is 106. The molecule has 366 valence electrons. The predicted octanol–water partition coefficient (Wildman–Crippen LogP) is -3.91.